The fourth-order valence-corrected chi connectivity index (χ4v) is 3.26. The molecule has 3 heterocycles. The standard InChI is InChI=1S/C15H26O13/c16-1-5-8(19)10(21)15(26-5)28-12-6(3-24-13(23)11(12)22)27-14-9(20)7(18)4(17)2-25-14/h4-23H,1-3H2/t4-,5+,6-,7+,8+,9-,10-,11-,12+,13?,14+,15+/m1/s1. The van der Waals surface area contributed by atoms with Gasteiger partial charge in [0.05, 0.1) is 19.8 Å². The lowest BCUT2D eigenvalue weighted by molar-refractivity contribution is -0.343. The van der Waals surface area contributed by atoms with E-state index in [1.165, 1.54) is 0 Å². The van der Waals surface area contributed by atoms with Gasteiger partial charge >= 0.3 is 0 Å². The van der Waals surface area contributed by atoms with E-state index in [-0.39, 0.29) is 13.2 Å². The van der Waals surface area contributed by atoms with E-state index < -0.39 is 80.4 Å². The van der Waals surface area contributed by atoms with E-state index in [4.69, 9.17) is 28.8 Å². The normalized spacial score (nSPS) is 52.7. The minimum absolute atomic E-state index is 0.317. The Kier molecular flexibility index (Phi) is 7.20. The van der Waals surface area contributed by atoms with E-state index >= 15 is 0 Å². The van der Waals surface area contributed by atoms with Gasteiger partial charge in [-0.1, -0.05) is 0 Å². The van der Waals surface area contributed by atoms with Gasteiger partial charge in [0, 0.05) is 0 Å². The Hall–Kier alpha value is -0.520. The van der Waals surface area contributed by atoms with Crippen molar-refractivity contribution < 1.29 is 64.5 Å². The average Bonchev–Trinajstić information content (AvgIpc) is 2.95. The Morgan fingerprint density at radius 2 is 1.39 bits per heavy atom. The molecule has 1 unspecified atom stereocenters. The monoisotopic (exact) mass is 414 g/mol. The Balaban J connectivity index is 1.69. The summed E-state index contributed by atoms with van der Waals surface area (Å²) in [6.07, 6.45) is -17.2. The van der Waals surface area contributed by atoms with E-state index in [2.05, 4.69) is 0 Å². The fourth-order valence-electron chi connectivity index (χ4n) is 3.26. The molecule has 0 spiro atoms. The number of aliphatic hydroxyl groups excluding tert-OH is 8. The molecule has 3 saturated heterocycles. The topological polar surface area (TPSA) is 208 Å². The van der Waals surface area contributed by atoms with Crippen LogP contribution in [0.5, 0.6) is 0 Å². The summed E-state index contributed by atoms with van der Waals surface area (Å²) in [6.45, 7) is -1.22. The molecule has 12 atom stereocenters. The van der Waals surface area contributed by atoms with Gasteiger partial charge in [0.2, 0.25) is 0 Å². The van der Waals surface area contributed by atoms with Gasteiger partial charge in [-0.05, 0) is 0 Å². The molecule has 3 fully saturated rings. The van der Waals surface area contributed by atoms with Crippen molar-refractivity contribution in [3.8, 4) is 0 Å². The van der Waals surface area contributed by atoms with Crippen molar-refractivity contribution in [2.24, 2.45) is 0 Å². The second-order valence-corrected chi connectivity index (χ2v) is 6.95. The Bertz CT molecular complexity index is 508. The summed E-state index contributed by atoms with van der Waals surface area (Å²) >= 11 is 0. The zero-order chi connectivity index (χ0) is 20.6. The highest BCUT2D eigenvalue weighted by Gasteiger charge is 2.50. The molecule has 8 N–H and O–H groups in total. The number of aliphatic hydroxyl groups is 8. The van der Waals surface area contributed by atoms with Crippen LogP contribution in [-0.2, 0) is 23.7 Å². The van der Waals surface area contributed by atoms with Crippen molar-refractivity contribution >= 4 is 0 Å². The van der Waals surface area contributed by atoms with Crippen LogP contribution in [0.4, 0.5) is 0 Å². The Morgan fingerprint density at radius 1 is 0.714 bits per heavy atom. The van der Waals surface area contributed by atoms with Crippen molar-refractivity contribution in [3.05, 3.63) is 0 Å². The molecule has 3 aliphatic rings. The van der Waals surface area contributed by atoms with Crippen LogP contribution in [-0.4, -0.2) is 134 Å². The van der Waals surface area contributed by atoms with Crippen molar-refractivity contribution in [2.75, 3.05) is 19.8 Å². The molecule has 0 amide bonds. The highest BCUT2D eigenvalue weighted by atomic mass is 16.8. The number of ether oxygens (including phenoxy) is 5. The summed E-state index contributed by atoms with van der Waals surface area (Å²) in [5.74, 6) is 0. The molecule has 0 aromatic heterocycles. The summed E-state index contributed by atoms with van der Waals surface area (Å²) in [5, 5.41) is 78.1. The van der Waals surface area contributed by atoms with Gasteiger partial charge < -0.3 is 64.5 Å². The summed E-state index contributed by atoms with van der Waals surface area (Å²) < 4.78 is 26.3. The molecule has 164 valence electrons. The zero-order valence-corrected chi connectivity index (χ0v) is 14.7. The number of hydrogen-bond donors (Lipinski definition) is 8. The first-order chi connectivity index (χ1) is 13.2. The van der Waals surface area contributed by atoms with E-state index in [1.807, 2.05) is 0 Å². The molecule has 13 heteroatoms. The van der Waals surface area contributed by atoms with Crippen LogP contribution < -0.4 is 0 Å². The largest absolute Gasteiger partial charge is 0.394 e. The lowest BCUT2D eigenvalue weighted by atomic mass is 10.0. The first-order valence-electron chi connectivity index (χ1n) is 8.81. The molecule has 0 aromatic carbocycles. The van der Waals surface area contributed by atoms with E-state index in [9.17, 15) is 35.7 Å². The third-order valence-corrected chi connectivity index (χ3v) is 4.98. The Morgan fingerprint density at radius 3 is 2.04 bits per heavy atom. The van der Waals surface area contributed by atoms with Crippen molar-refractivity contribution in [1.29, 1.82) is 0 Å². The minimum Gasteiger partial charge on any atom is -0.394 e. The molecule has 13 nitrogen and oxygen atoms in total. The van der Waals surface area contributed by atoms with E-state index in [1.54, 1.807) is 0 Å². The third kappa shape index (κ3) is 4.32. The maximum atomic E-state index is 10.2. The van der Waals surface area contributed by atoms with Crippen molar-refractivity contribution in [3.63, 3.8) is 0 Å². The molecule has 0 radical (unpaired) electrons. The van der Waals surface area contributed by atoms with Gasteiger partial charge in [0.1, 0.15) is 54.9 Å². The number of rotatable bonds is 5. The van der Waals surface area contributed by atoms with Gasteiger partial charge in [0.15, 0.2) is 18.9 Å². The van der Waals surface area contributed by atoms with Gasteiger partial charge in [0.25, 0.3) is 0 Å². The second kappa shape index (κ2) is 9.09. The molecule has 3 rings (SSSR count). The van der Waals surface area contributed by atoms with Crippen molar-refractivity contribution in [2.45, 2.75) is 73.8 Å². The second-order valence-electron chi connectivity index (χ2n) is 6.95. The van der Waals surface area contributed by atoms with E-state index in [0.717, 1.165) is 0 Å². The summed E-state index contributed by atoms with van der Waals surface area (Å²) in [6, 6.07) is 0. The highest BCUT2D eigenvalue weighted by molar-refractivity contribution is 4.92. The van der Waals surface area contributed by atoms with Crippen LogP contribution in [0.2, 0.25) is 0 Å². The van der Waals surface area contributed by atoms with Gasteiger partial charge in [-0.15, -0.1) is 0 Å². The quantitative estimate of drug-likeness (QED) is 0.211. The number of hydrogen-bond acceptors (Lipinski definition) is 13. The SMILES string of the molecule is OC[C@@H]1O[C@@H](O[C@H]2[C@H](O[C@@H]3OC[C@@H](O)[C@H](O)[C@H]3O)COC(O)[C@@H]2O)[C@H](O)[C@H]1O. The third-order valence-electron chi connectivity index (χ3n) is 4.98. The summed E-state index contributed by atoms with van der Waals surface area (Å²) in [4.78, 5) is 0. The molecule has 0 aromatic rings. The van der Waals surface area contributed by atoms with Crippen LogP contribution >= 0.6 is 0 Å². The van der Waals surface area contributed by atoms with Crippen LogP contribution in [0, 0.1) is 0 Å². The molecule has 0 bridgehead atoms. The lowest BCUT2D eigenvalue weighted by Gasteiger charge is -2.42. The summed E-state index contributed by atoms with van der Waals surface area (Å²) in [5.41, 5.74) is 0. The fraction of sp³-hybridized carbons (Fsp3) is 1.00. The minimum atomic E-state index is -1.66. The maximum Gasteiger partial charge on any atom is 0.187 e. The molecule has 0 aliphatic carbocycles. The molecular weight excluding hydrogens is 388 g/mol. The molecule has 28 heavy (non-hydrogen) atoms. The van der Waals surface area contributed by atoms with Crippen LogP contribution in [0.3, 0.4) is 0 Å². The first-order valence-corrected chi connectivity index (χ1v) is 8.81. The van der Waals surface area contributed by atoms with Crippen LogP contribution in [0.15, 0.2) is 0 Å². The zero-order valence-electron chi connectivity index (χ0n) is 14.7. The smallest absolute Gasteiger partial charge is 0.187 e. The predicted octanol–water partition coefficient (Wildman–Crippen LogP) is -5.66. The average molecular weight is 414 g/mol. The highest BCUT2D eigenvalue weighted by Crippen LogP contribution is 2.29. The van der Waals surface area contributed by atoms with Gasteiger partial charge in [-0.3, -0.25) is 0 Å². The molecule has 0 saturated carbocycles. The first kappa shape index (κ1) is 22.2. The molecular formula is C15H26O13. The Labute approximate surface area is 159 Å². The van der Waals surface area contributed by atoms with Gasteiger partial charge in [-0.25, -0.2) is 0 Å². The predicted molar refractivity (Wildman–Crippen MR) is 83.2 cm³/mol. The lowest BCUT2D eigenvalue weighted by Crippen LogP contribution is -2.60. The van der Waals surface area contributed by atoms with Crippen LogP contribution in [0.25, 0.3) is 0 Å². The van der Waals surface area contributed by atoms with Gasteiger partial charge in [-0.2, -0.15) is 0 Å². The van der Waals surface area contributed by atoms with Crippen molar-refractivity contribution in [1.82, 2.24) is 0 Å². The van der Waals surface area contributed by atoms with E-state index in [0.29, 0.717) is 0 Å². The maximum absolute atomic E-state index is 10.2. The summed E-state index contributed by atoms with van der Waals surface area (Å²) in [7, 11) is 0. The van der Waals surface area contributed by atoms with Crippen LogP contribution in [0.1, 0.15) is 0 Å². The molecule has 3 aliphatic heterocycles.